The number of nitrogens with one attached hydrogen (secondary N) is 1. The molecule has 3 aliphatic rings. The Balaban J connectivity index is 1.09. The van der Waals surface area contributed by atoms with Crippen LogP contribution >= 0.6 is 0 Å². The van der Waals surface area contributed by atoms with Gasteiger partial charge < -0.3 is 19.7 Å². The van der Waals surface area contributed by atoms with Crippen molar-refractivity contribution in [2.75, 3.05) is 26.2 Å². The van der Waals surface area contributed by atoms with Gasteiger partial charge in [0, 0.05) is 30.8 Å². The quantitative estimate of drug-likeness (QED) is 0.576. The van der Waals surface area contributed by atoms with E-state index >= 15 is 0 Å². The Morgan fingerprint density at radius 3 is 2.97 bits per heavy atom. The van der Waals surface area contributed by atoms with Crippen LogP contribution in [0.4, 0.5) is 4.39 Å². The average Bonchev–Trinajstić information content (AvgIpc) is 3.17. The monoisotopic (exact) mass is 466 g/mol. The summed E-state index contributed by atoms with van der Waals surface area (Å²) in [6.07, 6.45) is 4.91. The van der Waals surface area contributed by atoms with E-state index in [9.17, 15) is 14.3 Å². The molecule has 0 saturated carbocycles. The maximum absolute atomic E-state index is 14.8. The Hall–Kier alpha value is -2.95. The molecule has 178 valence electrons. The van der Waals surface area contributed by atoms with Crippen molar-refractivity contribution < 1.29 is 14.2 Å². The smallest absolute Gasteiger partial charge is 0.251 e. The second kappa shape index (κ2) is 8.37. The lowest BCUT2D eigenvalue weighted by molar-refractivity contribution is -0.0159. The predicted octanol–water partition coefficient (Wildman–Crippen LogP) is 1.11. The summed E-state index contributed by atoms with van der Waals surface area (Å²) in [5.74, 6) is 0.0837. The van der Waals surface area contributed by atoms with Gasteiger partial charge in [-0.25, -0.2) is 4.39 Å². The summed E-state index contributed by atoms with van der Waals surface area (Å²) in [7, 11) is 0. The largest absolute Gasteiger partial charge is 0.476 e. The van der Waals surface area contributed by atoms with Crippen LogP contribution in [-0.2, 0) is 25.1 Å². The molecule has 0 bridgehead atoms. The number of aryl methyl sites for hydroxylation is 1. The van der Waals surface area contributed by atoms with Gasteiger partial charge >= 0.3 is 0 Å². The summed E-state index contributed by atoms with van der Waals surface area (Å²) in [6, 6.07) is 5.40. The molecule has 3 aromatic heterocycles. The Labute approximate surface area is 195 Å². The highest BCUT2D eigenvalue weighted by Gasteiger charge is 2.43. The number of piperidine rings is 1. The minimum absolute atomic E-state index is 0.0417. The highest BCUT2D eigenvalue weighted by atomic mass is 19.1. The maximum Gasteiger partial charge on any atom is 0.251 e. The molecule has 9 nitrogen and oxygen atoms in total. The van der Waals surface area contributed by atoms with Crippen molar-refractivity contribution in [1.82, 2.24) is 30.0 Å². The number of likely N-dealkylation sites (tertiary alicyclic amines) is 1. The standard InChI is InChI=1S/C24H27FN6O3/c25-18-12-27-19-3-4-20(32)31-14-24(33,21(18)22(19)31)13-30-7-5-16(6-8-30)26-11-17-10-15-2-1-9-34-23(15)29-28-17/h3-4,10,12,16,26,33H,1-2,5-9,11,13-14H2/t24-/m0/s1. The number of halogens is 1. The molecule has 3 aromatic rings. The minimum Gasteiger partial charge on any atom is -0.476 e. The Morgan fingerprint density at radius 2 is 2.12 bits per heavy atom. The molecule has 1 saturated heterocycles. The lowest BCUT2D eigenvalue weighted by Crippen LogP contribution is -2.48. The first-order valence-electron chi connectivity index (χ1n) is 11.9. The number of fused-ring (bicyclic) bond motifs is 1. The number of aliphatic hydroxyl groups is 1. The first-order valence-corrected chi connectivity index (χ1v) is 11.9. The lowest BCUT2D eigenvalue weighted by Gasteiger charge is -2.37. The molecule has 0 amide bonds. The van der Waals surface area contributed by atoms with Gasteiger partial charge in [0.1, 0.15) is 11.4 Å². The van der Waals surface area contributed by atoms with E-state index in [-0.39, 0.29) is 24.2 Å². The van der Waals surface area contributed by atoms with Gasteiger partial charge in [-0.3, -0.25) is 14.7 Å². The van der Waals surface area contributed by atoms with Gasteiger partial charge in [-0.15, -0.1) is 5.10 Å². The molecule has 6 rings (SSSR count). The third kappa shape index (κ3) is 3.75. The molecule has 2 N–H and O–H groups in total. The molecule has 0 spiro atoms. The van der Waals surface area contributed by atoms with Crippen LogP contribution in [0.3, 0.4) is 0 Å². The molecule has 0 aliphatic carbocycles. The number of nitrogens with zero attached hydrogens (tertiary/aromatic N) is 5. The van der Waals surface area contributed by atoms with Crippen LogP contribution < -0.4 is 15.6 Å². The first-order chi connectivity index (χ1) is 16.5. The SMILES string of the molecule is O=c1ccc2ncc(F)c3c2n1C[C@@]3(O)CN1CCC(NCc2cc3c(nn2)OCCC3)CC1. The van der Waals surface area contributed by atoms with Crippen LogP contribution in [0.25, 0.3) is 11.0 Å². The highest BCUT2D eigenvalue weighted by Crippen LogP contribution is 2.38. The average molecular weight is 467 g/mol. The molecule has 3 aliphatic heterocycles. The third-order valence-corrected chi connectivity index (χ3v) is 7.20. The molecule has 1 fully saturated rings. The number of pyridine rings is 2. The Bertz CT molecular complexity index is 1310. The molecule has 34 heavy (non-hydrogen) atoms. The van der Waals surface area contributed by atoms with Gasteiger partial charge in [-0.1, -0.05) is 0 Å². The van der Waals surface area contributed by atoms with E-state index in [1.807, 2.05) is 0 Å². The number of aromatic nitrogens is 4. The Morgan fingerprint density at radius 1 is 1.26 bits per heavy atom. The minimum atomic E-state index is -1.46. The van der Waals surface area contributed by atoms with E-state index < -0.39 is 11.4 Å². The van der Waals surface area contributed by atoms with E-state index in [2.05, 4.69) is 31.5 Å². The molecular weight excluding hydrogens is 439 g/mol. The fourth-order valence-electron chi connectivity index (χ4n) is 5.51. The van der Waals surface area contributed by atoms with Gasteiger partial charge in [-0.2, -0.15) is 5.10 Å². The van der Waals surface area contributed by atoms with Crippen molar-refractivity contribution in [3.8, 4) is 5.88 Å². The zero-order valence-corrected chi connectivity index (χ0v) is 18.8. The van der Waals surface area contributed by atoms with Crippen molar-refractivity contribution >= 4 is 11.0 Å². The topological polar surface area (TPSA) is 105 Å². The number of β-amino-alcohol motifs (C(OH)–C–C–N with tert-alkyl or cyclic N) is 1. The van der Waals surface area contributed by atoms with Gasteiger partial charge in [0.05, 0.1) is 41.6 Å². The van der Waals surface area contributed by atoms with Crippen LogP contribution in [-0.4, -0.2) is 62.0 Å². The molecule has 0 aromatic carbocycles. The molecule has 10 heteroatoms. The van der Waals surface area contributed by atoms with Crippen molar-refractivity contribution in [2.24, 2.45) is 0 Å². The van der Waals surface area contributed by atoms with Crippen LogP contribution in [0.15, 0.2) is 29.2 Å². The summed E-state index contributed by atoms with van der Waals surface area (Å²) in [5.41, 5.74) is 1.43. The zero-order valence-electron chi connectivity index (χ0n) is 18.8. The van der Waals surface area contributed by atoms with Crippen molar-refractivity contribution in [3.63, 3.8) is 0 Å². The van der Waals surface area contributed by atoms with Gasteiger partial charge in [0.2, 0.25) is 5.88 Å². The molecule has 1 atom stereocenters. The number of hydrogen-bond acceptors (Lipinski definition) is 8. The second-order valence-corrected chi connectivity index (χ2v) is 9.55. The number of rotatable bonds is 5. The lowest BCUT2D eigenvalue weighted by atomic mass is 9.93. The molecule has 0 radical (unpaired) electrons. The fourth-order valence-corrected chi connectivity index (χ4v) is 5.51. The fraction of sp³-hybridized carbons (Fsp3) is 0.500. The van der Waals surface area contributed by atoms with Crippen LogP contribution in [0.2, 0.25) is 0 Å². The van der Waals surface area contributed by atoms with E-state index in [0.29, 0.717) is 36.1 Å². The maximum atomic E-state index is 14.8. The summed E-state index contributed by atoms with van der Waals surface area (Å²) >= 11 is 0. The molecular formula is C24H27FN6O3. The van der Waals surface area contributed by atoms with Crippen LogP contribution in [0.5, 0.6) is 5.88 Å². The van der Waals surface area contributed by atoms with E-state index in [1.54, 1.807) is 6.07 Å². The van der Waals surface area contributed by atoms with Crippen LogP contribution in [0, 0.1) is 5.82 Å². The van der Waals surface area contributed by atoms with Crippen molar-refractivity contribution in [2.45, 2.75) is 50.4 Å². The summed E-state index contributed by atoms with van der Waals surface area (Å²) in [4.78, 5) is 18.6. The zero-order chi connectivity index (χ0) is 23.3. The van der Waals surface area contributed by atoms with Gasteiger partial charge in [0.25, 0.3) is 5.56 Å². The number of ether oxygens (including phenoxy) is 1. The van der Waals surface area contributed by atoms with E-state index in [4.69, 9.17) is 4.74 Å². The molecule has 0 unspecified atom stereocenters. The number of hydrogen-bond donors (Lipinski definition) is 2. The van der Waals surface area contributed by atoms with E-state index in [1.165, 1.54) is 10.6 Å². The van der Waals surface area contributed by atoms with Crippen molar-refractivity contribution in [1.29, 1.82) is 0 Å². The van der Waals surface area contributed by atoms with Crippen LogP contribution in [0.1, 0.15) is 36.1 Å². The highest BCUT2D eigenvalue weighted by molar-refractivity contribution is 5.81. The second-order valence-electron chi connectivity index (χ2n) is 9.55. The van der Waals surface area contributed by atoms with Crippen molar-refractivity contribution in [3.05, 3.63) is 57.4 Å². The Kier molecular flexibility index (Phi) is 5.31. The third-order valence-electron chi connectivity index (χ3n) is 7.20. The summed E-state index contributed by atoms with van der Waals surface area (Å²) in [6.45, 7) is 3.20. The first kappa shape index (κ1) is 21.6. The summed E-state index contributed by atoms with van der Waals surface area (Å²) < 4.78 is 21.8. The van der Waals surface area contributed by atoms with Gasteiger partial charge in [0.15, 0.2) is 0 Å². The normalized spacial score (nSPS) is 22.6. The van der Waals surface area contributed by atoms with E-state index in [0.717, 1.165) is 56.2 Å². The molecule has 6 heterocycles. The predicted molar refractivity (Wildman–Crippen MR) is 122 cm³/mol. The van der Waals surface area contributed by atoms with Gasteiger partial charge in [-0.05, 0) is 50.9 Å². The summed E-state index contributed by atoms with van der Waals surface area (Å²) in [5, 5.41) is 23.5.